The highest BCUT2D eigenvalue weighted by Crippen LogP contribution is 2.43. The molecule has 360 valence electrons. The predicted octanol–water partition coefficient (Wildman–Crippen LogP) is 12.0. The van der Waals surface area contributed by atoms with Gasteiger partial charge in [0.05, 0.1) is 19.3 Å². The van der Waals surface area contributed by atoms with Crippen LogP contribution in [0, 0.1) is 0 Å². The lowest BCUT2D eigenvalue weighted by molar-refractivity contribution is -0.161. The maximum Gasteiger partial charge on any atom is 0.472 e. The maximum atomic E-state index is 12.7. The van der Waals surface area contributed by atoms with Gasteiger partial charge in [-0.05, 0) is 70.6 Å². The van der Waals surface area contributed by atoms with Gasteiger partial charge in [-0.1, -0.05) is 176 Å². The Balaban J connectivity index is 4.53. The zero-order valence-electron chi connectivity index (χ0n) is 38.7. The van der Waals surface area contributed by atoms with Crippen molar-refractivity contribution in [1.29, 1.82) is 0 Å². The second-order valence-corrected chi connectivity index (χ2v) is 17.2. The molecule has 0 saturated heterocycles. The zero-order valence-corrected chi connectivity index (χ0v) is 39.6. The summed E-state index contributed by atoms with van der Waals surface area (Å²) in [5.41, 5.74) is 5.33. The van der Waals surface area contributed by atoms with Crippen molar-refractivity contribution in [3.8, 4) is 0 Å². The fourth-order valence-corrected chi connectivity index (χ4v) is 6.77. The molecule has 0 spiro atoms. The van der Waals surface area contributed by atoms with Crippen LogP contribution in [0.3, 0.4) is 0 Å². The number of carbonyl (C=O) groups is 3. The Labute approximate surface area is 380 Å². The van der Waals surface area contributed by atoms with Gasteiger partial charge in [-0.25, -0.2) is 4.57 Å². The van der Waals surface area contributed by atoms with E-state index in [2.05, 4.69) is 79.1 Å². The Hall–Kier alpha value is -3.38. The third kappa shape index (κ3) is 43.6. The first-order chi connectivity index (χ1) is 30.5. The van der Waals surface area contributed by atoms with E-state index < -0.39 is 63.8 Å². The van der Waals surface area contributed by atoms with E-state index >= 15 is 0 Å². The normalized spacial score (nSPS) is 14.9. The number of phosphoric ester groups is 1. The number of hydrogen-bond acceptors (Lipinski definition) is 10. The Morgan fingerprint density at radius 1 is 0.587 bits per heavy atom. The van der Waals surface area contributed by atoms with Gasteiger partial charge in [0, 0.05) is 12.8 Å². The number of hydrogen-bond donors (Lipinski definition) is 4. The molecule has 13 heteroatoms. The minimum atomic E-state index is -4.78. The van der Waals surface area contributed by atoms with Crippen molar-refractivity contribution in [2.45, 2.75) is 193 Å². The summed E-state index contributed by atoms with van der Waals surface area (Å²) in [6, 6.07) is -1.56. The number of ether oxygens (including phenoxy) is 2. The average molecular weight is 906 g/mol. The molecule has 0 heterocycles. The molecule has 0 fully saturated rings. The van der Waals surface area contributed by atoms with E-state index in [9.17, 15) is 28.9 Å². The SMILES string of the molecule is CC/C=C\C/C=C\C/C=C\C/C=C\C/C=C\C=C/C(O)CCC(=O)OC[C@H](COP(=O)(O)OC[C@H](N)C(=O)O)OC(=O)CCCCCCCCCCC/C=C\CCCCCCCC. The number of allylic oxidation sites excluding steroid dienone is 13. The van der Waals surface area contributed by atoms with E-state index in [1.807, 2.05) is 12.2 Å². The minimum Gasteiger partial charge on any atom is -0.480 e. The Morgan fingerprint density at radius 2 is 1.08 bits per heavy atom. The monoisotopic (exact) mass is 906 g/mol. The van der Waals surface area contributed by atoms with Gasteiger partial charge in [0.2, 0.25) is 0 Å². The average Bonchev–Trinajstić information content (AvgIpc) is 3.26. The summed E-state index contributed by atoms with van der Waals surface area (Å²) >= 11 is 0. The summed E-state index contributed by atoms with van der Waals surface area (Å²) < 4.78 is 32.6. The molecule has 0 aliphatic carbocycles. The minimum absolute atomic E-state index is 0.0848. The van der Waals surface area contributed by atoms with Gasteiger partial charge in [0.15, 0.2) is 6.10 Å². The van der Waals surface area contributed by atoms with Crippen LogP contribution in [0.5, 0.6) is 0 Å². The van der Waals surface area contributed by atoms with Crippen LogP contribution in [0.2, 0.25) is 0 Å². The summed E-state index contributed by atoms with van der Waals surface area (Å²) in [6.07, 6.45) is 51.2. The molecule has 0 amide bonds. The van der Waals surface area contributed by atoms with E-state index in [0.717, 1.165) is 64.2 Å². The van der Waals surface area contributed by atoms with E-state index in [0.29, 0.717) is 6.42 Å². The lowest BCUT2D eigenvalue weighted by Crippen LogP contribution is -2.34. The van der Waals surface area contributed by atoms with E-state index in [1.54, 1.807) is 12.2 Å². The molecule has 0 aliphatic heterocycles. The summed E-state index contributed by atoms with van der Waals surface area (Å²) in [6.45, 7) is 2.44. The lowest BCUT2D eigenvalue weighted by atomic mass is 10.1. The topological polar surface area (TPSA) is 192 Å². The number of carbonyl (C=O) groups excluding carboxylic acids is 2. The zero-order chi connectivity index (χ0) is 46.5. The smallest absolute Gasteiger partial charge is 0.472 e. The van der Waals surface area contributed by atoms with Gasteiger partial charge >= 0.3 is 25.7 Å². The quantitative estimate of drug-likeness (QED) is 0.0149. The first-order valence-corrected chi connectivity index (χ1v) is 25.2. The number of carboxylic acids is 1. The first-order valence-electron chi connectivity index (χ1n) is 23.7. The van der Waals surface area contributed by atoms with Crippen molar-refractivity contribution in [2.24, 2.45) is 5.73 Å². The van der Waals surface area contributed by atoms with Crippen molar-refractivity contribution in [1.82, 2.24) is 0 Å². The summed E-state index contributed by atoms with van der Waals surface area (Å²) in [7, 11) is -4.78. The highest BCUT2D eigenvalue weighted by molar-refractivity contribution is 7.47. The van der Waals surface area contributed by atoms with Gasteiger partial charge in [-0.2, -0.15) is 0 Å². The summed E-state index contributed by atoms with van der Waals surface area (Å²) in [5, 5.41) is 19.2. The number of rotatable bonds is 43. The number of aliphatic hydroxyl groups excluding tert-OH is 1. The second kappa shape index (κ2) is 43.9. The van der Waals surface area contributed by atoms with Crippen molar-refractivity contribution in [2.75, 3.05) is 19.8 Å². The highest BCUT2D eigenvalue weighted by atomic mass is 31.2. The Kier molecular flexibility index (Phi) is 41.5. The van der Waals surface area contributed by atoms with Crippen molar-refractivity contribution >= 4 is 25.7 Å². The summed E-state index contributed by atoms with van der Waals surface area (Å²) in [5.74, 6) is -2.70. The van der Waals surface area contributed by atoms with Crippen molar-refractivity contribution in [3.05, 3.63) is 85.1 Å². The van der Waals surface area contributed by atoms with Crippen LogP contribution < -0.4 is 5.73 Å². The van der Waals surface area contributed by atoms with Crippen LogP contribution in [-0.4, -0.2) is 71.1 Å². The molecule has 0 aromatic rings. The molecule has 0 saturated carbocycles. The fourth-order valence-electron chi connectivity index (χ4n) is 5.99. The van der Waals surface area contributed by atoms with E-state index in [-0.39, 0.29) is 19.3 Å². The fraction of sp³-hybridized carbons (Fsp3) is 0.660. The predicted molar refractivity (Wildman–Crippen MR) is 255 cm³/mol. The number of unbranched alkanes of at least 4 members (excludes halogenated alkanes) is 15. The van der Waals surface area contributed by atoms with Crippen LogP contribution in [-0.2, 0) is 37.5 Å². The number of nitrogens with two attached hydrogens (primary N) is 1. The van der Waals surface area contributed by atoms with Crippen molar-refractivity contribution in [3.63, 3.8) is 0 Å². The van der Waals surface area contributed by atoms with Crippen LogP contribution in [0.25, 0.3) is 0 Å². The van der Waals surface area contributed by atoms with Gasteiger partial charge in [-0.15, -0.1) is 0 Å². The molecule has 12 nitrogen and oxygen atoms in total. The van der Waals surface area contributed by atoms with Crippen LogP contribution >= 0.6 is 7.82 Å². The first kappa shape index (κ1) is 59.6. The number of aliphatic hydroxyl groups is 1. The molecule has 0 aromatic heterocycles. The van der Waals surface area contributed by atoms with E-state index in [1.165, 1.54) is 70.6 Å². The standard InChI is InChI=1S/C50H84NO11P/c1-3-5-7-9-11-13-15-17-19-21-22-23-25-27-29-31-33-35-37-39-49(54)62-46(43-60-63(57,58)61-44-47(51)50(55)56)42-59-48(53)41-40-45(52)38-36-34-32-30-28-26-24-20-18-16-14-12-10-8-6-4-2/h6,8,12,14,17-20,26,28,32,34,36,38,45-47,52H,3-5,7,9-11,13,15-16,21-25,27,29-31,33,35,37,39-44,51H2,1-2H3,(H,55,56)(H,57,58)/b8-6-,14-12-,19-17-,20-18-,28-26-,34-32-,38-36-/t45?,46-,47+/m1/s1. The molecular formula is C50H84NO11P. The van der Waals surface area contributed by atoms with Crippen LogP contribution in [0.1, 0.15) is 174 Å². The van der Waals surface area contributed by atoms with Crippen LogP contribution in [0.15, 0.2) is 85.1 Å². The molecule has 0 rings (SSSR count). The molecule has 5 N–H and O–H groups in total. The number of aliphatic carboxylic acids is 1. The second-order valence-electron chi connectivity index (χ2n) is 15.7. The Morgan fingerprint density at radius 3 is 1.62 bits per heavy atom. The lowest BCUT2D eigenvalue weighted by Gasteiger charge is -2.20. The molecule has 0 bridgehead atoms. The van der Waals surface area contributed by atoms with Crippen molar-refractivity contribution < 1.29 is 52.6 Å². The van der Waals surface area contributed by atoms with Gasteiger partial charge in [0.1, 0.15) is 12.6 Å². The maximum absolute atomic E-state index is 12.7. The molecule has 0 radical (unpaired) electrons. The molecule has 0 aromatic carbocycles. The van der Waals surface area contributed by atoms with Crippen LogP contribution in [0.4, 0.5) is 0 Å². The summed E-state index contributed by atoms with van der Waals surface area (Å²) in [4.78, 5) is 46.1. The molecule has 63 heavy (non-hydrogen) atoms. The third-order valence-corrected chi connectivity index (χ3v) is 10.7. The van der Waals surface area contributed by atoms with E-state index in [4.69, 9.17) is 24.8 Å². The third-order valence-electron chi connectivity index (χ3n) is 9.74. The number of carboxylic acid groups (broad SMARTS) is 1. The van der Waals surface area contributed by atoms with Gasteiger partial charge in [-0.3, -0.25) is 23.4 Å². The molecule has 2 unspecified atom stereocenters. The van der Waals surface area contributed by atoms with Gasteiger partial charge in [0.25, 0.3) is 0 Å². The molecule has 0 aliphatic rings. The Bertz CT molecular complexity index is 1400. The highest BCUT2D eigenvalue weighted by Gasteiger charge is 2.28. The number of phosphoric acid groups is 1. The van der Waals surface area contributed by atoms with Gasteiger partial charge < -0.3 is 30.3 Å². The molecule has 4 atom stereocenters. The number of esters is 2. The molecular weight excluding hydrogens is 822 g/mol. The largest absolute Gasteiger partial charge is 0.480 e.